The average Bonchev–Trinajstić information content (AvgIpc) is 2.71. The van der Waals surface area contributed by atoms with Crippen molar-refractivity contribution < 1.29 is 13.2 Å². The summed E-state index contributed by atoms with van der Waals surface area (Å²) in [5.74, 6) is -0.381. The molecule has 0 bridgehead atoms. The van der Waals surface area contributed by atoms with Crippen LogP contribution in [0.3, 0.4) is 0 Å². The van der Waals surface area contributed by atoms with Crippen molar-refractivity contribution in [3.8, 4) is 0 Å². The minimum atomic E-state index is -3.61. The quantitative estimate of drug-likeness (QED) is 0.649. The zero-order chi connectivity index (χ0) is 20.9. The molecule has 1 N–H and O–H groups in total. The average molecular weight is 409 g/mol. The van der Waals surface area contributed by atoms with Gasteiger partial charge in [-0.2, -0.15) is 0 Å². The molecule has 3 aromatic rings. The maximum absolute atomic E-state index is 12.9. The number of nitrogens with one attached hydrogen (secondary N) is 1. The van der Waals surface area contributed by atoms with Gasteiger partial charge in [0.2, 0.25) is 15.9 Å². The van der Waals surface area contributed by atoms with Gasteiger partial charge in [-0.1, -0.05) is 78.4 Å². The fourth-order valence-corrected chi connectivity index (χ4v) is 3.95. The van der Waals surface area contributed by atoms with Crippen molar-refractivity contribution in [1.29, 1.82) is 0 Å². The van der Waals surface area contributed by atoms with Crippen LogP contribution in [-0.4, -0.2) is 27.1 Å². The minimum absolute atomic E-state index is 0.294. The van der Waals surface area contributed by atoms with Gasteiger partial charge in [0.15, 0.2) is 0 Å². The SMILES string of the molecule is Cc1ccc(C(NC(=O)CN(c2ccccc2)S(C)(=O)=O)c2ccccc2)cc1. The monoisotopic (exact) mass is 408 g/mol. The zero-order valence-electron chi connectivity index (χ0n) is 16.4. The van der Waals surface area contributed by atoms with Crippen molar-refractivity contribution in [2.45, 2.75) is 13.0 Å². The first-order chi connectivity index (χ1) is 13.8. The smallest absolute Gasteiger partial charge is 0.241 e. The number of carbonyl (C=O) groups is 1. The van der Waals surface area contributed by atoms with Crippen LogP contribution in [0.4, 0.5) is 5.69 Å². The molecule has 0 aromatic heterocycles. The molecule has 5 nitrogen and oxygen atoms in total. The Morgan fingerprint density at radius 3 is 1.93 bits per heavy atom. The van der Waals surface area contributed by atoms with Gasteiger partial charge < -0.3 is 5.32 Å². The molecule has 1 atom stereocenters. The van der Waals surface area contributed by atoms with Gasteiger partial charge in [-0.3, -0.25) is 9.10 Å². The van der Waals surface area contributed by atoms with Crippen LogP contribution in [0.1, 0.15) is 22.7 Å². The third-order valence-corrected chi connectivity index (χ3v) is 5.72. The summed E-state index contributed by atoms with van der Waals surface area (Å²) in [5.41, 5.74) is 3.44. The van der Waals surface area contributed by atoms with Gasteiger partial charge in [0.05, 0.1) is 18.0 Å². The van der Waals surface area contributed by atoms with Gasteiger partial charge in [-0.15, -0.1) is 0 Å². The molecule has 29 heavy (non-hydrogen) atoms. The molecule has 0 fully saturated rings. The molecule has 1 unspecified atom stereocenters. The van der Waals surface area contributed by atoms with E-state index >= 15 is 0 Å². The van der Waals surface area contributed by atoms with E-state index in [0.717, 1.165) is 27.3 Å². The van der Waals surface area contributed by atoms with E-state index < -0.39 is 10.0 Å². The van der Waals surface area contributed by atoms with Crippen molar-refractivity contribution in [3.63, 3.8) is 0 Å². The Morgan fingerprint density at radius 2 is 1.38 bits per heavy atom. The number of anilines is 1. The number of nitrogens with zero attached hydrogens (tertiary/aromatic N) is 1. The molecule has 150 valence electrons. The number of benzene rings is 3. The van der Waals surface area contributed by atoms with E-state index in [2.05, 4.69) is 5.32 Å². The molecular formula is C23H24N2O3S. The number of aryl methyl sites for hydroxylation is 1. The van der Waals surface area contributed by atoms with Gasteiger partial charge in [0.25, 0.3) is 0 Å². The van der Waals surface area contributed by atoms with Crippen LogP contribution < -0.4 is 9.62 Å². The molecule has 0 heterocycles. The van der Waals surface area contributed by atoms with Crippen molar-refractivity contribution in [2.75, 3.05) is 17.1 Å². The lowest BCUT2D eigenvalue weighted by atomic mass is 9.98. The van der Waals surface area contributed by atoms with Crippen molar-refractivity contribution in [3.05, 3.63) is 102 Å². The summed E-state index contributed by atoms with van der Waals surface area (Å²) in [6, 6.07) is 25.8. The fraction of sp³-hybridized carbons (Fsp3) is 0.174. The highest BCUT2D eigenvalue weighted by Crippen LogP contribution is 2.23. The molecule has 0 saturated heterocycles. The molecular weight excluding hydrogens is 384 g/mol. The number of sulfonamides is 1. The highest BCUT2D eigenvalue weighted by Gasteiger charge is 2.23. The topological polar surface area (TPSA) is 66.5 Å². The van der Waals surface area contributed by atoms with Crippen molar-refractivity contribution >= 4 is 21.6 Å². The van der Waals surface area contributed by atoms with Crippen LogP contribution in [0.5, 0.6) is 0 Å². The van der Waals surface area contributed by atoms with Gasteiger partial charge in [-0.25, -0.2) is 8.42 Å². The normalized spacial score (nSPS) is 12.2. The Kier molecular flexibility index (Phi) is 6.34. The lowest BCUT2D eigenvalue weighted by Crippen LogP contribution is -2.41. The molecule has 0 aliphatic heterocycles. The maximum atomic E-state index is 12.9. The molecule has 6 heteroatoms. The second-order valence-corrected chi connectivity index (χ2v) is 8.83. The number of hydrogen-bond acceptors (Lipinski definition) is 3. The van der Waals surface area contributed by atoms with Crippen LogP contribution in [0.25, 0.3) is 0 Å². The first-order valence-electron chi connectivity index (χ1n) is 9.28. The van der Waals surface area contributed by atoms with Crippen LogP contribution in [0, 0.1) is 6.92 Å². The highest BCUT2D eigenvalue weighted by molar-refractivity contribution is 7.92. The molecule has 1 amide bonds. The Hall–Kier alpha value is -3.12. The maximum Gasteiger partial charge on any atom is 0.241 e. The molecule has 0 aliphatic rings. The zero-order valence-corrected chi connectivity index (χ0v) is 17.3. The number of para-hydroxylation sites is 1. The van der Waals surface area contributed by atoms with Crippen molar-refractivity contribution in [2.24, 2.45) is 0 Å². The van der Waals surface area contributed by atoms with E-state index in [1.807, 2.05) is 61.5 Å². The minimum Gasteiger partial charge on any atom is -0.344 e. The van der Waals surface area contributed by atoms with E-state index in [4.69, 9.17) is 0 Å². The van der Waals surface area contributed by atoms with Gasteiger partial charge in [-0.05, 0) is 30.2 Å². The van der Waals surface area contributed by atoms with Crippen LogP contribution in [0.15, 0.2) is 84.9 Å². The number of rotatable bonds is 7. The number of carbonyl (C=O) groups excluding carboxylic acids is 1. The predicted molar refractivity (Wildman–Crippen MR) is 116 cm³/mol. The summed E-state index contributed by atoms with van der Waals surface area (Å²) in [6.45, 7) is 1.71. The predicted octanol–water partition coefficient (Wildman–Crippen LogP) is 3.67. The van der Waals surface area contributed by atoms with Crippen LogP contribution >= 0.6 is 0 Å². The Balaban J connectivity index is 1.87. The van der Waals surface area contributed by atoms with Gasteiger partial charge >= 0.3 is 0 Å². The summed E-state index contributed by atoms with van der Waals surface area (Å²) >= 11 is 0. The summed E-state index contributed by atoms with van der Waals surface area (Å²) in [4.78, 5) is 12.9. The van der Waals surface area contributed by atoms with Gasteiger partial charge in [0.1, 0.15) is 6.54 Å². The van der Waals surface area contributed by atoms with E-state index in [1.165, 1.54) is 0 Å². The first kappa shape index (κ1) is 20.6. The van der Waals surface area contributed by atoms with E-state index in [0.29, 0.717) is 5.69 Å². The third-order valence-electron chi connectivity index (χ3n) is 4.58. The highest BCUT2D eigenvalue weighted by atomic mass is 32.2. The molecule has 0 spiro atoms. The lowest BCUT2D eigenvalue weighted by Gasteiger charge is -2.25. The molecule has 0 radical (unpaired) electrons. The summed E-state index contributed by atoms with van der Waals surface area (Å²) < 4.78 is 25.7. The van der Waals surface area contributed by atoms with Crippen molar-refractivity contribution in [1.82, 2.24) is 5.32 Å². The molecule has 0 saturated carbocycles. The Morgan fingerprint density at radius 1 is 0.862 bits per heavy atom. The largest absolute Gasteiger partial charge is 0.344 e. The standard InChI is InChI=1S/C23H24N2O3S/c1-18-13-15-20(16-14-18)23(19-9-5-3-6-10-19)24-22(26)17-25(29(2,27)28)21-11-7-4-8-12-21/h3-16,23H,17H2,1-2H3,(H,24,26). The molecule has 3 rings (SSSR count). The summed E-state index contributed by atoms with van der Waals surface area (Å²) in [6.07, 6.45) is 1.10. The van der Waals surface area contributed by atoms with Crippen LogP contribution in [0.2, 0.25) is 0 Å². The summed E-state index contributed by atoms with van der Waals surface area (Å²) in [7, 11) is -3.61. The number of hydrogen-bond donors (Lipinski definition) is 1. The summed E-state index contributed by atoms with van der Waals surface area (Å²) in [5, 5.41) is 3.00. The second kappa shape index (κ2) is 8.92. The van der Waals surface area contributed by atoms with E-state index in [-0.39, 0.29) is 18.5 Å². The van der Waals surface area contributed by atoms with E-state index in [1.54, 1.807) is 30.3 Å². The Labute approximate surface area is 172 Å². The first-order valence-corrected chi connectivity index (χ1v) is 11.1. The molecule has 3 aromatic carbocycles. The van der Waals surface area contributed by atoms with E-state index in [9.17, 15) is 13.2 Å². The number of amides is 1. The van der Waals surface area contributed by atoms with Gasteiger partial charge in [0, 0.05) is 0 Å². The molecule has 0 aliphatic carbocycles. The second-order valence-electron chi connectivity index (χ2n) is 6.93. The Bertz CT molecular complexity index is 1050. The lowest BCUT2D eigenvalue weighted by molar-refractivity contribution is -0.120. The fourth-order valence-electron chi connectivity index (χ4n) is 3.09. The third kappa shape index (κ3) is 5.45. The van der Waals surface area contributed by atoms with Crippen LogP contribution in [-0.2, 0) is 14.8 Å².